The van der Waals surface area contributed by atoms with Gasteiger partial charge in [-0.15, -0.1) is 11.8 Å². The van der Waals surface area contributed by atoms with Crippen molar-refractivity contribution >= 4 is 11.8 Å². The summed E-state index contributed by atoms with van der Waals surface area (Å²) in [5.41, 5.74) is 1.66. The molecule has 1 heterocycles. The van der Waals surface area contributed by atoms with E-state index >= 15 is 0 Å². The van der Waals surface area contributed by atoms with Gasteiger partial charge in [0.05, 0.1) is 19.8 Å². The van der Waals surface area contributed by atoms with Gasteiger partial charge >= 0.3 is 0 Å². The minimum atomic E-state index is -2.43. The summed E-state index contributed by atoms with van der Waals surface area (Å²) in [6, 6.07) is 1.78. The zero-order valence-electron chi connectivity index (χ0n) is 11.6. The fourth-order valence-electron chi connectivity index (χ4n) is 1.48. The molecule has 0 bridgehead atoms. The fourth-order valence-corrected chi connectivity index (χ4v) is 2.42. The van der Waals surface area contributed by atoms with Crippen LogP contribution < -0.4 is 4.73 Å². The van der Waals surface area contributed by atoms with Crippen LogP contribution >= 0.6 is 11.8 Å². The summed E-state index contributed by atoms with van der Waals surface area (Å²) in [6.45, 7) is 4.13. The average Bonchev–Trinajstić information content (AvgIpc) is 2.41. The average molecular weight is 307 g/mol. The summed E-state index contributed by atoms with van der Waals surface area (Å²) in [7, 11) is 0. The Morgan fingerprint density at radius 2 is 1.95 bits per heavy atom. The number of alkyl halides is 2. The normalized spacial score (nSPS) is 11.2. The molecule has 0 unspecified atom stereocenters. The second kappa shape index (κ2) is 9.10. The number of pyridine rings is 1. The van der Waals surface area contributed by atoms with Crippen molar-refractivity contribution in [3.05, 3.63) is 28.7 Å². The molecular weight excluding hydrogens is 288 g/mol. The van der Waals surface area contributed by atoms with Gasteiger partial charge in [0.1, 0.15) is 6.61 Å². The third kappa shape index (κ3) is 6.02. The number of aromatic nitrogens is 1. The Hall–Kier alpha value is -0.920. The molecule has 0 fully saturated rings. The first-order valence-corrected chi connectivity index (χ1v) is 7.26. The lowest BCUT2D eigenvalue weighted by atomic mass is 10.2. The van der Waals surface area contributed by atoms with Crippen LogP contribution in [0, 0.1) is 19.1 Å². The summed E-state index contributed by atoms with van der Waals surface area (Å²) < 4.78 is 34.3. The van der Waals surface area contributed by atoms with Crippen molar-refractivity contribution in [1.29, 1.82) is 0 Å². The van der Waals surface area contributed by atoms with Gasteiger partial charge in [-0.1, -0.05) is 0 Å². The quantitative estimate of drug-likeness (QED) is 0.304. The van der Waals surface area contributed by atoms with Crippen molar-refractivity contribution in [2.45, 2.75) is 25.2 Å². The molecule has 0 aromatic carbocycles. The van der Waals surface area contributed by atoms with E-state index in [4.69, 9.17) is 4.74 Å². The number of nitrogens with zero attached hydrogens (tertiary/aromatic N) is 1. The first-order chi connectivity index (χ1) is 9.52. The van der Waals surface area contributed by atoms with Crippen LogP contribution in [0.1, 0.15) is 11.3 Å². The Kier molecular flexibility index (Phi) is 7.79. The largest absolute Gasteiger partial charge is 0.619 e. The maximum Gasteiger partial charge on any atom is 0.261 e. The fraction of sp³-hybridized carbons (Fsp3) is 0.615. The monoisotopic (exact) mass is 307 g/mol. The molecule has 0 aliphatic carbocycles. The maximum atomic E-state index is 11.8. The van der Waals surface area contributed by atoms with Gasteiger partial charge in [-0.2, -0.15) is 4.73 Å². The van der Waals surface area contributed by atoms with Crippen LogP contribution in [0.15, 0.2) is 17.2 Å². The molecular formula is C13H19F2NO3S. The predicted octanol–water partition coefficient (Wildman–Crippen LogP) is 2.33. The van der Waals surface area contributed by atoms with Crippen LogP contribution in [-0.4, -0.2) is 38.6 Å². The van der Waals surface area contributed by atoms with Crippen molar-refractivity contribution in [1.82, 2.24) is 0 Å². The van der Waals surface area contributed by atoms with Crippen molar-refractivity contribution in [3.63, 3.8) is 0 Å². The molecule has 0 saturated carbocycles. The molecule has 0 saturated heterocycles. The number of ether oxygens (including phenoxy) is 2. The molecule has 0 amide bonds. The van der Waals surface area contributed by atoms with E-state index in [1.807, 2.05) is 6.92 Å². The summed E-state index contributed by atoms with van der Waals surface area (Å²) >= 11 is 1.60. The predicted molar refractivity (Wildman–Crippen MR) is 73.2 cm³/mol. The summed E-state index contributed by atoms with van der Waals surface area (Å²) in [5.74, 6) is 0.734. The lowest BCUT2D eigenvalue weighted by Gasteiger charge is -2.09. The highest BCUT2D eigenvalue weighted by Crippen LogP contribution is 2.22. The molecule has 7 heteroatoms. The zero-order valence-corrected chi connectivity index (χ0v) is 12.4. The Labute approximate surface area is 121 Å². The smallest absolute Gasteiger partial charge is 0.261 e. The molecule has 4 nitrogen and oxygen atoms in total. The van der Waals surface area contributed by atoms with Crippen LogP contribution in [0.25, 0.3) is 0 Å². The maximum absolute atomic E-state index is 11.8. The van der Waals surface area contributed by atoms with Gasteiger partial charge < -0.3 is 14.7 Å². The Morgan fingerprint density at radius 1 is 1.25 bits per heavy atom. The molecule has 114 valence electrons. The standard InChI is InChI=1S/C13H19F2NO3S/c1-10-11(2)16(17)4-3-12(10)20-8-7-18-5-6-19-9-13(14)15/h3-4,13H,5-9H2,1-2H3. The molecule has 0 aliphatic heterocycles. The minimum absolute atomic E-state index is 0.175. The summed E-state index contributed by atoms with van der Waals surface area (Å²) in [4.78, 5) is 1.05. The zero-order chi connectivity index (χ0) is 15.0. The number of hydrogen-bond acceptors (Lipinski definition) is 4. The van der Waals surface area contributed by atoms with Crippen LogP contribution in [0.2, 0.25) is 0 Å². The minimum Gasteiger partial charge on any atom is -0.619 e. The lowest BCUT2D eigenvalue weighted by Crippen LogP contribution is -2.30. The van der Waals surface area contributed by atoms with E-state index < -0.39 is 13.0 Å². The highest BCUT2D eigenvalue weighted by Gasteiger charge is 2.09. The molecule has 0 radical (unpaired) electrons. The van der Waals surface area contributed by atoms with Crippen molar-refractivity contribution in [2.75, 3.05) is 32.2 Å². The first kappa shape index (κ1) is 17.1. The SMILES string of the molecule is Cc1c(SCCOCCOCC(F)F)cc[n+]([O-])c1C. The van der Waals surface area contributed by atoms with Gasteiger partial charge in [0.15, 0.2) is 11.9 Å². The molecule has 1 aromatic rings. The van der Waals surface area contributed by atoms with E-state index in [9.17, 15) is 14.0 Å². The lowest BCUT2D eigenvalue weighted by molar-refractivity contribution is -0.613. The topological polar surface area (TPSA) is 45.4 Å². The van der Waals surface area contributed by atoms with E-state index in [-0.39, 0.29) is 6.61 Å². The van der Waals surface area contributed by atoms with Crippen molar-refractivity contribution in [3.8, 4) is 0 Å². The van der Waals surface area contributed by atoms with Gasteiger partial charge in [0, 0.05) is 29.2 Å². The highest BCUT2D eigenvalue weighted by atomic mass is 32.2. The third-order valence-corrected chi connectivity index (χ3v) is 3.83. The van der Waals surface area contributed by atoms with E-state index in [0.717, 1.165) is 20.9 Å². The van der Waals surface area contributed by atoms with Crippen LogP contribution in [0.3, 0.4) is 0 Å². The highest BCUT2D eigenvalue weighted by molar-refractivity contribution is 7.99. The van der Waals surface area contributed by atoms with Crippen molar-refractivity contribution in [2.24, 2.45) is 0 Å². The van der Waals surface area contributed by atoms with Gasteiger partial charge in [0.25, 0.3) is 6.43 Å². The summed E-state index contributed by atoms with van der Waals surface area (Å²) in [5, 5.41) is 11.3. The van der Waals surface area contributed by atoms with Crippen LogP contribution in [0.5, 0.6) is 0 Å². The Morgan fingerprint density at radius 3 is 2.65 bits per heavy atom. The summed E-state index contributed by atoms with van der Waals surface area (Å²) in [6.07, 6.45) is -0.942. The van der Waals surface area contributed by atoms with Gasteiger partial charge in [-0.3, -0.25) is 0 Å². The molecule has 0 N–H and O–H groups in total. The number of rotatable bonds is 9. The second-order valence-corrected chi connectivity index (χ2v) is 5.28. The van der Waals surface area contributed by atoms with E-state index in [1.54, 1.807) is 24.8 Å². The first-order valence-electron chi connectivity index (χ1n) is 6.28. The van der Waals surface area contributed by atoms with Crippen LogP contribution in [-0.2, 0) is 9.47 Å². The molecule has 20 heavy (non-hydrogen) atoms. The molecule has 0 atom stereocenters. The number of halogens is 2. The third-order valence-electron chi connectivity index (χ3n) is 2.71. The Bertz CT molecular complexity index is 419. The number of thioether (sulfide) groups is 1. The molecule has 0 spiro atoms. The van der Waals surface area contributed by atoms with Gasteiger partial charge in [-0.05, 0) is 6.92 Å². The molecule has 1 aromatic heterocycles. The van der Waals surface area contributed by atoms with Crippen LogP contribution in [0.4, 0.5) is 8.78 Å². The van der Waals surface area contributed by atoms with Crippen molar-refractivity contribution < 1.29 is 23.0 Å². The van der Waals surface area contributed by atoms with E-state index in [0.29, 0.717) is 18.9 Å². The number of hydrogen-bond donors (Lipinski definition) is 0. The Balaban J connectivity index is 2.14. The van der Waals surface area contributed by atoms with Gasteiger partial charge in [0.2, 0.25) is 0 Å². The molecule has 0 aliphatic rings. The van der Waals surface area contributed by atoms with E-state index in [2.05, 4.69) is 4.74 Å². The van der Waals surface area contributed by atoms with E-state index in [1.165, 1.54) is 6.20 Å². The second-order valence-electron chi connectivity index (χ2n) is 4.14. The van der Waals surface area contributed by atoms with Gasteiger partial charge in [-0.25, -0.2) is 8.78 Å². The molecule has 1 rings (SSSR count).